The zero-order valence-electron chi connectivity index (χ0n) is 13.6. The summed E-state index contributed by atoms with van der Waals surface area (Å²) in [5, 5.41) is 7.24. The van der Waals surface area contributed by atoms with E-state index in [1.807, 2.05) is 26.0 Å². The fraction of sp³-hybridized carbons (Fsp3) is 0.222. The number of alkyl halides is 3. The number of aryl methyl sites for hydroxylation is 2. The van der Waals surface area contributed by atoms with Gasteiger partial charge in [-0.2, -0.15) is 13.2 Å². The number of hydrogen-bond donors (Lipinski definition) is 1. The monoisotopic (exact) mass is 348 g/mol. The molecule has 0 spiro atoms. The van der Waals surface area contributed by atoms with Crippen molar-refractivity contribution in [2.75, 3.05) is 5.32 Å². The van der Waals surface area contributed by atoms with Crippen LogP contribution in [0.2, 0.25) is 0 Å². The lowest BCUT2D eigenvalue weighted by molar-refractivity contribution is -0.137. The molecule has 1 N–H and O–H groups in total. The smallest absolute Gasteiger partial charge is 0.356 e. The number of rotatable bonds is 3. The second kappa shape index (κ2) is 6.23. The molecular weight excluding hydrogens is 333 g/mol. The van der Waals surface area contributed by atoms with Gasteiger partial charge in [0.1, 0.15) is 5.69 Å². The zero-order chi connectivity index (χ0) is 18.2. The highest BCUT2D eigenvalue weighted by Gasteiger charge is 2.30. The number of fused-ring (bicyclic) bond motifs is 1. The first-order chi connectivity index (χ1) is 11.7. The van der Waals surface area contributed by atoms with Gasteiger partial charge in [-0.05, 0) is 61.4 Å². The third-order valence-electron chi connectivity index (χ3n) is 3.98. The molecule has 1 aromatic heterocycles. The molecule has 4 nitrogen and oxygen atoms in total. The van der Waals surface area contributed by atoms with Gasteiger partial charge in [0.2, 0.25) is 5.91 Å². The molecule has 0 aliphatic heterocycles. The molecule has 0 bridgehead atoms. The average Bonchev–Trinajstić information content (AvgIpc) is 2.89. The van der Waals surface area contributed by atoms with E-state index >= 15 is 0 Å². The molecule has 0 atom stereocenters. The average molecular weight is 348 g/mol. The van der Waals surface area contributed by atoms with Crippen molar-refractivity contribution in [1.82, 2.24) is 5.16 Å². The highest BCUT2D eigenvalue weighted by atomic mass is 19.4. The fourth-order valence-electron chi connectivity index (χ4n) is 2.47. The van der Waals surface area contributed by atoms with Gasteiger partial charge in [0.15, 0.2) is 5.58 Å². The molecule has 2 aromatic carbocycles. The van der Waals surface area contributed by atoms with Crippen molar-refractivity contribution >= 4 is 22.6 Å². The Kier molecular flexibility index (Phi) is 4.24. The number of hydrogen-bond acceptors (Lipinski definition) is 3. The third kappa shape index (κ3) is 3.65. The number of aromatic nitrogens is 1. The minimum absolute atomic E-state index is 0.0312. The Morgan fingerprint density at radius 1 is 1.12 bits per heavy atom. The topological polar surface area (TPSA) is 55.1 Å². The molecule has 0 saturated heterocycles. The highest BCUT2D eigenvalue weighted by molar-refractivity contribution is 5.94. The van der Waals surface area contributed by atoms with Crippen molar-refractivity contribution in [3.05, 3.63) is 58.8 Å². The Morgan fingerprint density at radius 3 is 2.40 bits per heavy atom. The summed E-state index contributed by atoms with van der Waals surface area (Å²) in [7, 11) is 0. The van der Waals surface area contributed by atoms with Gasteiger partial charge in [-0.3, -0.25) is 4.79 Å². The van der Waals surface area contributed by atoms with Crippen molar-refractivity contribution in [3.8, 4) is 0 Å². The van der Waals surface area contributed by atoms with E-state index in [0.717, 1.165) is 28.6 Å². The van der Waals surface area contributed by atoms with Crippen LogP contribution in [0.3, 0.4) is 0 Å². The Labute approximate surface area is 141 Å². The van der Waals surface area contributed by atoms with Crippen LogP contribution in [0.25, 0.3) is 11.0 Å². The number of benzene rings is 2. The maximum atomic E-state index is 12.5. The van der Waals surface area contributed by atoms with E-state index in [0.29, 0.717) is 11.3 Å². The van der Waals surface area contributed by atoms with Gasteiger partial charge in [-0.1, -0.05) is 5.16 Å². The van der Waals surface area contributed by atoms with Gasteiger partial charge in [0, 0.05) is 11.1 Å². The molecule has 0 aliphatic carbocycles. The zero-order valence-corrected chi connectivity index (χ0v) is 13.6. The lowest BCUT2D eigenvalue weighted by Gasteiger charge is -2.08. The second-order valence-electron chi connectivity index (χ2n) is 5.86. The molecule has 7 heteroatoms. The van der Waals surface area contributed by atoms with E-state index in [2.05, 4.69) is 10.5 Å². The summed E-state index contributed by atoms with van der Waals surface area (Å²) in [6, 6.07) is 8.04. The summed E-state index contributed by atoms with van der Waals surface area (Å²) in [5.74, 6) is -0.381. The normalized spacial score (nSPS) is 11.7. The van der Waals surface area contributed by atoms with E-state index < -0.39 is 11.7 Å². The predicted octanol–water partition coefficient (Wildman–Crippen LogP) is 4.64. The molecule has 0 aliphatic rings. The molecule has 1 amide bonds. The van der Waals surface area contributed by atoms with E-state index in [9.17, 15) is 18.0 Å². The first-order valence-electron chi connectivity index (χ1n) is 7.56. The first-order valence-corrected chi connectivity index (χ1v) is 7.56. The number of halogens is 3. The Balaban J connectivity index is 1.74. The largest absolute Gasteiger partial charge is 0.416 e. The number of carbonyl (C=O) groups excluding carboxylic acids is 1. The second-order valence-corrected chi connectivity index (χ2v) is 5.86. The highest BCUT2D eigenvalue weighted by Crippen LogP contribution is 2.30. The SMILES string of the molecule is Cc1cc2onc(CC(=O)Nc3ccc(C(F)(F)F)cc3)c2cc1C. The van der Waals surface area contributed by atoms with Crippen LogP contribution < -0.4 is 5.32 Å². The Hall–Kier alpha value is -2.83. The first kappa shape index (κ1) is 17.0. The quantitative estimate of drug-likeness (QED) is 0.750. The lowest BCUT2D eigenvalue weighted by Crippen LogP contribution is -2.15. The van der Waals surface area contributed by atoms with Gasteiger partial charge >= 0.3 is 6.18 Å². The van der Waals surface area contributed by atoms with Crippen molar-refractivity contribution in [3.63, 3.8) is 0 Å². The molecule has 0 radical (unpaired) electrons. The molecule has 25 heavy (non-hydrogen) atoms. The molecule has 0 unspecified atom stereocenters. The van der Waals surface area contributed by atoms with Crippen molar-refractivity contribution < 1.29 is 22.5 Å². The molecule has 3 aromatic rings. The summed E-state index contributed by atoms with van der Waals surface area (Å²) in [6.45, 7) is 3.90. The maximum absolute atomic E-state index is 12.5. The van der Waals surface area contributed by atoms with Crippen LogP contribution in [-0.4, -0.2) is 11.1 Å². The van der Waals surface area contributed by atoms with Crippen molar-refractivity contribution in [2.45, 2.75) is 26.4 Å². The number of amides is 1. The molecule has 1 heterocycles. The van der Waals surface area contributed by atoms with Crippen LogP contribution >= 0.6 is 0 Å². The summed E-state index contributed by atoms with van der Waals surface area (Å²) >= 11 is 0. The maximum Gasteiger partial charge on any atom is 0.416 e. The minimum Gasteiger partial charge on any atom is -0.356 e. The van der Waals surface area contributed by atoms with Gasteiger partial charge in [-0.15, -0.1) is 0 Å². The number of nitrogens with zero attached hydrogens (tertiary/aromatic N) is 1. The van der Waals surface area contributed by atoms with Gasteiger partial charge in [-0.25, -0.2) is 0 Å². The molecular formula is C18H15F3N2O2. The molecule has 3 rings (SSSR count). The van der Waals surface area contributed by atoms with Crippen LogP contribution in [0.15, 0.2) is 40.9 Å². The summed E-state index contributed by atoms with van der Waals surface area (Å²) in [4.78, 5) is 12.1. The van der Waals surface area contributed by atoms with E-state index in [1.54, 1.807) is 0 Å². The van der Waals surface area contributed by atoms with Crippen LogP contribution in [0.1, 0.15) is 22.4 Å². The van der Waals surface area contributed by atoms with Crippen LogP contribution in [0, 0.1) is 13.8 Å². The summed E-state index contributed by atoms with van der Waals surface area (Å²) < 4.78 is 42.8. The number of anilines is 1. The van der Waals surface area contributed by atoms with E-state index in [4.69, 9.17) is 4.52 Å². The Morgan fingerprint density at radius 2 is 1.76 bits per heavy atom. The van der Waals surface area contributed by atoms with Crippen LogP contribution in [0.4, 0.5) is 18.9 Å². The van der Waals surface area contributed by atoms with Gasteiger partial charge in [0.05, 0.1) is 12.0 Å². The molecule has 0 fully saturated rings. The predicted molar refractivity (Wildman–Crippen MR) is 87.3 cm³/mol. The van der Waals surface area contributed by atoms with Crippen LogP contribution in [-0.2, 0) is 17.4 Å². The summed E-state index contributed by atoms with van der Waals surface area (Å²) in [6.07, 6.45) is -4.44. The summed E-state index contributed by atoms with van der Waals surface area (Å²) in [5.41, 5.74) is 2.73. The van der Waals surface area contributed by atoms with E-state index in [1.165, 1.54) is 12.1 Å². The number of nitrogens with one attached hydrogen (secondary N) is 1. The van der Waals surface area contributed by atoms with Gasteiger partial charge in [0.25, 0.3) is 0 Å². The van der Waals surface area contributed by atoms with Crippen molar-refractivity contribution in [2.24, 2.45) is 0 Å². The fourth-order valence-corrected chi connectivity index (χ4v) is 2.47. The van der Waals surface area contributed by atoms with Crippen LogP contribution in [0.5, 0.6) is 0 Å². The van der Waals surface area contributed by atoms with Crippen molar-refractivity contribution in [1.29, 1.82) is 0 Å². The third-order valence-corrected chi connectivity index (χ3v) is 3.98. The molecule has 0 saturated carbocycles. The van der Waals surface area contributed by atoms with Gasteiger partial charge < -0.3 is 9.84 Å². The Bertz CT molecular complexity index is 928. The minimum atomic E-state index is -4.40. The molecule has 130 valence electrons. The lowest BCUT2D eigenvalue weighted by atomic mass is 10.1. The number of carbonyl (C=O) groups is 1. The van der Waals surface area contributed by atoms with E-state index in [-0.39, 0.29) is 18.0 Å². The standard InChI is InChI=1S/C18H15F3N2O2/c1-10-7-14-15(23-25-16(14)8-11(10)2)9-17(24)22-13-5-3-12(4-6-13)18(19,20)21/h3-8H,9H2,1-2H3,(H,22,24).